The first kappa shape index (κ1) is 12.8. The zero-order valence-electron chi connectivity index (χ0n) is 10.9. The van der Waals surface area contributed by atoms with Gasteiger partial charge < -0.3 is 5.11 Å². The minimum atomic E-state index is -1.14. The van der Waals surface area contributed by atoms with Crippen molar-refractivity contribution in [1.29, 1.82) is 0 Å². The van der Waals surface area contributed by atoms with E-state index in [2.05, 4.69) is 0 Å². The van der Waals surface area contributed by atoms with Gasteiger partial charge in [-0.2, -0.15) is 0 Å². The molecule has 0 atom stereocenters. The summed E-state index contributed by atoms with van der Waals surface area (Å²) in [5.41, 5.74) is -0.452. The Morgan fingerprint density at radius 1 is 1.11 bits per heavy atom. The van der Waals surface area contributed by atoms with Crippen LogP contribution >= 0.6 is 11.3 Å². The van der Waals surface area contributed by atoms with Crippen molar-refractivity contribution in [3.63, 3.8) is 0 Å². The smallest absolute Gasteiger partial charge is 0.195 e. The van der Waals surface area contributed by atoms with E-state index >= 15 is 0 Å². The number of hydrogen-bond donors (Lipinski definition) is 1. The van der Waals surface area contributed by atoms with Crippen molar-refractivity contribution in [3.05, 3.63) is 35.2 Å². The molecule has 1 N–H and O–H groups in total. The van der Waals surface area contributed by atoms with Crippen LogP contribution in [0.1, 0.15) is 48.9 Å². The van der Waals surface area contributed by atoms with Crippen molar-refractivity contribution in [2.45, 2.75) is 44.1 Å². The summed E-state index contributed by atoms with van der Waals surface area (Å²) >= 11 is 1.58. The van der Waals surface area contributed by atoms with Crippen molar-refractivity contribution in [2.24, 2.45) is 0 Å². The highest BCUT2D eigenvalue weighted by molar-refractivity contribution is 7.17. The fraction of sp³-hybridized carbons (Fsp3) is 0.438. The summed E-state index contributed by atoms with van der Waals surface area (Å²) in [6.45, 7) is 0. The number of Topliss-reactive ketones (excluding diaryl/α,β-unsaturated/α-hetero) is 1. The van der Waals surface area contributed by atoms with Gasteiger partial charge in [0.05, 0.1) is 0 Å². The summed E-state index contributed by atoms with van der Waals surface area (Å²) in [4.78, 5) is 12.7. The third-order valence-corrected chi connectivity index (χ3v) is 5.04. The molecule has 3 heteroatoms. The Balaban J connectivity index is 2.00. The van der Waals surface area contributed by atoms with Crippen molar-refractivity contribution < 1.29 is 9.90 Å². The molecule has 2 aromatic rings. The average molecular weight is 274 g/mol. The largest absolute Gasteiger partial charge is 0.382 e. The van der Waals surface area contributed by atoms with E-state index in [1.807, 2.05) is 29.6 Å². The summed E-state index contributed by atoms with van der Waals surface area (Å²) in [6.07, 6.45) is 5.35. The second kappa shape index (κ2) is 5.06. The number of carbonyl (C=O) groups is 1. The van der Waals surface area contributed by atoms with Gasteiger partial charge in [0.25, 0.3) is 0 Å². The lowest BCUT2D eigenvalue weighted by molar-refractivity contribution is 0.0240. The van der Waals surface area contributed by atoms with Gasteiger partial charge in [0.2, 0.25) is 0 Å². The molecule has 0 bridgehead atoms. The second-order valence-electron chi connectivity index (χ2n) is 5.42. The van der Waals surface area contributed by atoms with Gasteiger partial charge in [0, 0.05) is 10.3 Å². The molecule has 100 valence electrons. The van der Waals surface area contributed by atoms with Crippen LogP contribution in [-0.2, 0) is 0 Å². The van der Waals surface area contributed by atoms with Gasteiger partial charge in [-0.25, -0.2) is 0 Å². The number of hydrogen-bond acceptors (Lipinski definition) is 3. The van der Waals surface area contributed by atoms with Gasteiger partial charge in [-0.1, -0.05) is 37.8 Å². The molecular formula is C16H18O2S. The van der Waals surface area contributed by atoms with Crippen LogP contribution in [0.15, 0.2) is 29.6 Å². The Morgan fingerprint density at radius 3 is 2.58 bits per heavy atom. The highest BCUT2D eigenvalue weighted by atomic mass is 32.1. The predicted molar refractivity (Wildman–Crippen MR) is 78.8 cm³/mol. The van der Waals surface area contributed by atoms with E-state index in [-0.39, 0.29) is 5.78 Å². The first-order chi connectivity index (χ1) is 9.21. The monoisotopic (exact) mass is 274 g/mol. The maximum Gasteiger partial charge on any atom is 0.195 e. The topological polar surface area (TPSA) is 37.3 Å². The van der Waals surface area contributed by atoms with Crippen LogP contribution in [0.25, 0.3) is 10.1 Å². The lowest BCUT2D eigenvalue weighted by Crippen LogP contribution is -2.38. The van der Waals surface area contributed by atoms with E-state index in [0.717, 1.165) is 35.8 Å². The van der Waals surface area contributed by atoms with Gasteiger partial charge >= 0.3 is 0 Å². The van der Waals surface area contributed by atoms with Crippen LogP contribution in [0.5, 0.6) is 0 Å². The Bertz CT molecular complexity index is 592. The van der Waals surface area contributed by atoms with E-state index in [4.69, 9.17) is 0 Å². The van der Waals surface area contributed by atoms with Crippen molar-refractivity contribution >= 4 is 27.2 Å². The van der Waals surface area contributed by atoms with Crippen LogP contribution in [0.3, 0.4) is 0 Å². The molecule has 1 aliphatic carbocycles. The van der Waals surface area contributed by atoms with Crippen LogP contribution in [0.2, 0.25) is 0 Å². The first-order valence-electron chi connectivity index (χ1n) is 6.94. The maximum atomic E-state index is 12.7. The molecule has 2 nitrogen and oxygen atoms in total. The van der Waals surface area contributed by atoms with Crippen LogP contribution < -0.4 is 0 Å². The highest BCUT2D eigenvalue weighted by Crippen LogP contribution is 2.33. The summed E-state index contributed by atoms with van der Waals surface area (Å²) in [6, 6.07) is 7.79. The highest BCUT2D eigenvalue weighted by Gasteiger charge is 2.37. The first-order valence-corrected chi connectivity index (χ1v) is 7.82. The molecule has 1 aromatic carbocycles. The van der Waals surface area contributed by atoms with E-state index in [9.17, 15) is 9.90 Å². The minimum Gasteiger partial charge on any atom is -0.382 e. The third kappa shape index (κ3) is 2.33. The molecule has 1 aliphatic rings. The van der Waals surface area contributed by atoms with E-state index < -0.39 is 5.60 Å². The van der Waals surface area contributed by atoms with Crippen molar-refractivity contribution in [3.8, 4) is 0 Å². The summed E-state index contributed by atoms with van der Waals surface area (Å²) in [7, 11) is 0. The molecule has 0 radical (unpaired) electrons. The zero-order chi connectivity index (χ0) is 13.3. The molecular weight excluding hydrogens is 256 g/mol. The van der Waals surface area contributed by atoms with Crippen LogP contribution in [0.4, 0.5) is 0 Å². The number of aliphatic hydroxyl groups is 1. The molecule has 0 aliphatic heterocycles. The lowest BCUT2D eigenvalue weighted by Gasteiger charge is -2.25. The molecule has 19 heavy (non-hydrogen) atoms. The Kier molecular flexibility index (Phi) is 3.42. The molecule has 1 aromatic heterocycles. The molecule has 0 spiro atoms. The summed E-state index contributed by atoms with van der Waals surface area (Å²) in [5.74, 6) is -0.0811. The van der Waals surface area contributed by atoms with E-state index in [0.29, 0.717) is 18.4 Å². The quantitative estimate of drug-likeness (QED) is 0.659. The van der Waals surface area contributed by atoms with Crippen molar-refractivity contribution in [2.75, 3.05) is 0 Å². The number of fused-ring (bicyclic) bond motifs is 1. The normalized spacial score (nSPS) is 19.2. The maximum absolute atomic E-state index is 12.7. The Morgan fingerprint density at radius 2 is 1.84 bits per heavy atom. The average Bonchev–Trinajstić information content (AvgIpc) is 2.79. The van der Waals surface area contributed by atoms with Crippen LogP contribution in [-0.4, -0.2) is 16.5 Å². The zero-order valence-corrected chi connectivity index (χ0v) is 11.7. The Labute approximate surface area is 117 Å². The van der Waals surface area contributed by atoms with Gasteiger partial charge in [0.1, 0.15) is 5.60 Å². The number of benzene rings is 1. The van der Waals surface area contributed by atoms with E-state index in [1.54, 1.807) is 11.3 Å². The molecule has 1 heterocycles. The minimum absolute atomic E-state index is 0.0811. The number of rotatable bonds is 2. The standard InChI is InChI=1S/C16H18O2S/c17-15(16(18)9-3-1-2-4-10-16)13-7-5-6-12-8-11-19-14(12)13/h5-8,11,18H,1-4,9-10H2. The van der Waals surface area contributed by atoms with Gasteiger partial charge in [0.15, 0.2) is 5.78 Å². The van der Waals surface area contributed by atoms with Gasteiger partial charge in [-0.05, 0) is 35.7 Å². The molecule has 1 fully saturated rings. The molecule has 0 saturated heterocycles. The van der Waals surface area contributed by atoms with Crippen LogP contribution in [0, 0.1) is 0 Å². The summed E-state index contributed by atoms with van der Waals surface area (Å²) in [5, 5.41) is 13.8. The SMILES string of the molecule is O=C(c1cccc2ccsc12)C1(O)CCCCCC1. The molecule has 1 saturated carbocycles. The third-order valence-electron chi connectivity index (χ3n) is 4.08. The number of thiophene rings is 1. The predicted octanol–water partition coefficient (Wildman–Crippen LogP) is 4.17. The van der Waals surface area contributed by atoms with Gasteiger partial charge in [-0.15, -0.1) is 11.3 Å². The van der Waals surface area contributed by atoms with E-state index in [1.165, 1.54) is 0 Å². The molecule has 0 unspecified atom stereocenters. The lowest BCUT2D eigenvalue weighted by atomic mass is 9.86. The van der Waals surface area contributed by atoms with Gasteiger partial charge in [-0.3, -0.25) is 4.79 Å². The summed E-state index contributed by atoms with van der Waals surface area (Å²) < 4.78 is 1.00. The number of carbonyl (C=O) groups excluding carboxylic acids is 1. The fourth-order valence-corrected chi connectivity index (χ4v) is 3.87. The van der Waals surface area contributed by atoms with Crippen molar-refractivity contribution in [1.82, 2.24) is 0 Å². The molecule has 0 amide bonds. The molecule has 3 rings (SSSR count). The second-order valence-corrected chi connectivity index (χ2v) is 6.34. The Hall–Kier alpha value is -1.19. The fourth-order valence-electron chi connectivity index (χ4n) is 2.96. The number of ketones is 1.